The monoisotopic (exact) mass is 294 g/mol. The standard InChI is InChI=1S/C16H22O5/c1-12(2)14(17)21-16(3,15(18)19)10-7-11-20-13-8-5-4-6-9-13/h4-6,8-9,15,18-19H,1,7,10-11H2,2-3H3. The Morgan fingerprint density at radius 3 is 2.48 bits per heavy atom. The van der Waals surface area contributed by atoms with Crippen LogP contribution in [0.2, 0.25) is 0 Å². The topological polar surface area (TPSA) is 76.0 Å². The van der Waals surface area contributed by atoms with Gasteiger partial charge >= 0.3 is 5.97 Å². The molecule has 116 valence electrons. The Bertz CT molecular complexity index is 469. The van der Waals surface area contributed by atoms with Gasteiger partial charge in [0.1, 0.15) is 5.75 Å². The summed E-state index contributed by atoms with van der Waals surface area (Å²) in [6, 6.07) is 9.29. The van der Waals surface area contributed by atoms with Crippen molar-refractivity contribution < 1.29 is 24.5 Å². The number of benzene rings is 1. The molecule has 1 aromatic carbocycles. The largest absolute Gasteiger partial charge is 0.494 e. The van der Waals surface area contributed by atoms with E-state index in [-0.39, 0.29) is 12.0 Å². The van der Waals surface area contributed by atoms with Gasteiger partial charge in [0.2, 0.25) is 0 Å². The van der Waals surface area contributed by atoms with Gasteiger partial charge in [0.25, 0.3) is 0 Å². The molecular weight excluding hydrogens is 272 g/mol. The van der Waals surface area contributed by atoms with E-state index >= 15 is 0 Å². The summed E-state index contributed by atoms with van der Waals surface area (Å²) in [5.74, 6) is 0.0947. The number of esters is 1. The molecule has 1 rings (SSSR count). The molecule has 0 fully saturated rings. The highest BCUT2D eigenvalue weighted by Crippen LogP contribution is 2.23. The summed E-state index contributed by atoms with van der Waals surface area (Å²) in [7, 11) is 0. The van der Waals surface area contributed by atoms with Crippen LogP contribution in [0.1, 0.15) is 26.7 Å². The van der Waals surface area contributed by atoms with Gasteiger partial charge in [-0.1, -0.05) is 24.8 Å². The second-order valence-corrected chi connectivity index (χ2v) is 5.12. The van der Waals surface area contributed by atoms with Gasteiger partial charge in [-0.15, -0.1) is 0 Å². The van der Waals surface area contributed by atoms with E-state index in [0.717, 1.165) is 5.75 Å². The Balaban J connectivity index is 2.47. The second-order valence-electron chi connectivity index (χ2n) is 5.12. The van der Waals surface area contributed by atoms with E-state index in [1.54, 1.807) is 0 Å². The molecule has 0 spiro atoms. The summed E-state index contributed by atoms with van der Waals surface area (Å²) in [5.41, 5.74) is -1.17. The van der Waals surface area contributed by atoms with Gasteiger partial charge in [0, 0.05) is 5.57 Å². The molecule has 0 aromatic heterocycles. The van der Waals surface area contributed by atoms with Crippen molar-refractivity contribution in [3.05, 3.63) is 42.5 Å². The van der Waals surface area contributed by atoms with E-state index < -0.39 is 17.9 Å². The molecule has 0 heterocycles. The molecule has 0 aliphatic rings. The van der Waals surface area contributed by atoms with Crippen LogP contribution in [-0.2, 0) is 9.53 Å². The van der Waals surface area contributed by atoms with Crippen LogP contribution >= 0.6 is 0 Å². The number of carbonyl (C=O) groups excluding carboxylic acids is 1. The molecule has 1 atom stereocenters. The zero-order valence-corrected chi connectivity index (χ0v) is 12.4. The van der Waals surface area contributed by atoms with Gasteiger partial charge < -0.3 is 19.7 Å². The van der Waals surface area contributed by atoms with Crippen molar-refractivity contribution in [3.8, 4) is 5.75 Å². The molecule has 0 amide bonds. The van der Waals surface area contributed by atoms with Crippen molar-refractivity contribution in [1.82, 2.24) is 0 Å². The normalized spacial score (nSPS) is 13.6. The number of aliphatic hydroxyl groups is 2. The summed E-state index contributed by atoms with van der Waals surface area (Å²) in [4.78, 5) is 11.5. The van der Waals surface area contributed by atoms with Crippen molar-refractivity contribution in [2.45, 2.75) is 38.6 Å². The lowest BCUT2D eigenvalue weighted by atomic mass is 9.99. The van der Waals surface area contributed by atoms with E-state index in [0.29, 0.717) is 13.0 Å². The first-order valence-electron chi connectivity index (χ1n) is 6.78. The number of ether oxygens (including phenoxy) is 2. The van der Waals surface area contributed by atoms with Crippen LogP contribution < -0.4 is 4.74 Å². The van der Waals surface area contributed by atoms with E-state index in [1.807, 2.05) is 30.3 Å². The predicted octanol–water partition coefficient (Wildman–Crippen LogP) is 2.03. The van der Waals surface area contributed by atoms with Crippen LogP contribution in [0, 0.1) is 0 Å². The van der Waals surface area contributed by atoms with Crippen molar-refractivity contribution >= 4 is 5.97 Å². The number of para-hydroxylation sites is 1. The highest BCUT2D eigenvalue weighted by Gasteiger charge is 2.35. The summed E-state index contributed by atoms with van der Waals surface area (Å²) in [6.07, 6.45) is -0.999. The maximum atomic E-state index is 11.5. The summed E-state index contributed by atoms with van der Waals surface area (Å²) in [6.45, 7) is 6.84. The van der Waals surface area contributed by atoms with E-state index in [9.17, 15) is 15.0 Å². The molecule has 0 bridgehead atoms. The van der Waals surface area contributed by atoms with Gasteiger partial charge in [-0.3, -0.25) is 0 Å². The smallest absolute Gasteiger partial charge is 0.333 e. The number of carbonyl (C=O) groups is 1. The lowest BCUT2D eigenvalue weighted by Crippen LogP contribution is -2.44. The number of aliphatic hydroxyl groups excluding tert-OH is 1. The van der Waals surface area contributed by atoms with Crippen molar-refractivity contribution in [2.24, 2.45) is 0 Å². The molecule has 21 heavy (non-hydrogen) atoms. The minimum atomic E-state index is -1.77. The molecule has 1 unspecified atom stereocenters. The zero-order chi connectivity index (χ0) is 15.9. The van der Waals surface area contributed by atoms with Gasteiger partial charge in [-0.05, 0) is 38.8 Å². The highest BCUT2D eigenvalue weighted by atomic mass is 16.6. The Kier molecular flexibility index (Phi) is 6.39. The maximum absolute atomic E-state index is 11.5. The van der Waals surface area contributed by atoms with Crippen molar-refractivity contribution in [1.29, 1.82) is 0 Å². The first kappa shape index (κ1) is 17.2. The first-order valence-corrected chi connectivity index (χ1v) is 6.78. The molecule has 5 heteroatoms. The molecule has 0 radical (unpaired) electrons. The number of hydrogen-bond donors (Lipinski definition) is 2. The number of hydrogen-bond acceptors (Lipinski definition) is 5. The minimum absolute atomic E-state index is 0.211. The Labute approximate surface area is 124 Å². The van der Waals surface area contributed by atoms with E-state index in [1.165, 1.54) is 13.8 Å². The molecule has 0 saturated heterocycles. The minimum Gasteiger partial charge on any atom is -0.494 e. The Morgan fingerprint density at radius 1 is 1.33 bits per heavy atom. The van der Waals surface area contributed by atoms with E-state index in [2.05, 4.69) is 6.58 Å². The quantitative estimate of drug-likeness (QED) is 0.332. The van der Waals surface area contributed by atoms with Gasteiger partial charge in [-0.2, -0.15) is 0 Å². The molecule has 0 aliphatic carbocycles. The van der Waals surface area contributed by atoms with Gasteiger partial charge in [-0.25, -0.2) is 4.79 Å². The Morgan fingerprint density at radius 2 is 1.95 bits per heavy atom. The first-order chi connectivity index (χ1) is 9.85. The molecule has 2 N–H and O–H groups in total. The average molecular weight is 294 g/mol. The van der Waals surface area contributed by atoms with Crippen LogP contribution in [0.25, 0.3) is 0 Å². The predicted molar refractivity (Wildman–Crippen MR) is 78.7 cm³/mol. The SMILES string of the molecule is C=C(C)C(=O)OC(C)(CCCOc1ccccc1)C(O)O. The van der Waals surface area contributed by atoms with Crippen LogP contribution in [0.5, 0.6) is 5.75 Å². The summed E-state index contributed by atoms with van der Waals surface area (Å²) < 4.78 is 10.6. The summed E-state index contributed by atoms with van der Waals surface area (Å²) in [5, 5.41) is 18.9. The van der Waals surface area contributed by atoms with Crippen LogP contribution in [-0.4, -0.2) is 34.7 Å². The molecule has 0 saturated carbocycles. The van der Waals surface area contributed by atoms with Gasteiger partial charge in [0.15, 0.2) is 11.9 Å². The third kappa shape index (κ3) is 5.57. The Hall–Kier alpha value is -1.85. The molecular formula is C16H22O5. The fourth-order valence-corrected chi connectivity index (χ4v) is 1.66. The lowest BCUT2D eigenvalue weighted by molar-refractivity contribution is -0.206. The fourth-order valence-electron chi connectivity index (χ4n) is 1.66. The van der Waals surface area contributed by atoms with Crippen molar-refractivity contribution in [2.75, 3.05) is 6.61 Å². The lowest BCUT2D eigenvalue weighted by Gasteiger charge is -2.31. The second kappa shape index (κ2) is 7.81. The number of rotatable bonds is 8. The van der Waals surface area contributed by atoms with Crippen LogP contribution in [0.4, 0.5) is 0 Å². The molecule has 1 aromatic rings. The molecule has 0 aliphatic heterocycles. The van der Waals surface area contributed by atoms with Crippen LogP contribution in [0.3, 0.4) is 0 Å². The summed E-state index contributed by atoms with van der Waals surface area (Å²) >= 11 is 0. The maximum Gasteiger partial charge on any atom is 0.333 e. The third-order valence-electron chi connectivity index (χ3n) is 3.05. The fraction of sp³-hybridized carbons (Fsp3) is 0.438. The molecule has 5 nitrogen and oxygen atoms in total. The van der Waals surface area contributed by atoms with Crippen molar-refractivity contribution in [3.63, 3.8) is 0 Å². The van der Waals surface area contributed by atoms with Crippen LogP contribution in [0.15, 0.2) is 42.5 Å². The zero-order valence-electron chi connectivity index (χ0n) is 12.4. The van der Waals surface area contributed by atoms with Gasteiger partial charge in [0.05, 0.1) is 6.61 Å². The highest BCUT2D eigenvalue weighted by molar-refractivity contribution is 5.87. The van der Waals surface area contributed by atoms with E-state index in [4.69, 9.17) is 9.47 Å². The average Bonchev–Trinajstić information content (AvgIpc) is 2.44. The third-order valence-corrected chi connectivity index (χ3v) is 3.05.